The molecular formula is C17H12F2N2O3S. The maximum absolute atomic E-state index is 13.9. The molecule has 0 fully saturated rings. The smallest absolute Gasteiger partial charge is 0.277 e. The zero-order valence-electron chi connectivity index (χ0n) is 13.0. The van der Waals surface area contributed by atoms with Crippen LogP contribution >= 0.6 is 11.8 Å². The molecule has 25 heavy (non-hydrogen) atoms. The molecular weight excluding hydrogens is 350 g/mol. The third kappa shape index (κ3) is 3.05. The summed E-state index contributed by atoms with van der Waals surface area (Å²) in [5.74, 6) is 0.348. The van der Waals surface area contributed by atoms with Crippen LogP contribution in [0.3, 0.4) is 0 Å². The van der Waals surface area contributed by atoms with Crippen LogP contribution < -0.4 is 9.47 Å². The van der Waals surface area contributed by atoms with Crippen molar-refractivity contribution in [2.24, 2.45) is 0 Å². The van der Waals surface area contributed by atoms with Gasteiger partial charge in [0, 0.05) is 16.4 Å². The minimum Gasteiger partial charge on any atom is -0.454 e. The molecule has 1 aromatic heterocycles. The number of thioether (sulfide) groups is 1. The van der Waals surface area contributed by atoms with Gasteiger partial charge in [-0.3, -0.25) is 0 Å². The fraction of sp³-hybridized carbons (Fsp3) is 0.176. The van der Waals surface area contributed by atoms with Gasteiger partial charge in [-0.15, -0.1) is 10.2 Å². The number of hydrogen-bond donors (Lipinski definition) is 0. The highest BCUT2D eigenvalue weighted by Crippen LogP contribution is 2.39. The average Bonchev–Trinajstić information content (AvgIpc) is 3.22. The van der Waals surface area contributed by atoms with Crippen molar-refractivity contribution in [3.8, 4) is 23.0 Å². The summed E-state index contributed by atoms with van der Waals surface area (Å²) >= 11 is 1.09. The maximum atomic E-state index is 13.9. The number of fused-ring (bicyclic) bond motifs is 1. The Hall–Kier alpha value is -2.61. The summed E-state index contributed by atoms with van der Waals surface area (Å²) in [5.41, 5.74) is 0.656. The molecule has 4 rings (SSSR count). The number of ether oxygens (including phenoxy) is 2. The first-order valence-electron chi connectivity index (χ1n) is 7.46. The minimum atomic E-state index is -0.601. The monoisotopic (exact) mass is 362 g/mol. The Morgan fingerprint density at radius 1 is 1.04 bits per heavy atom. The molecule has 128 valence electrons. The van der Waals surface area contributed by atoms with Crippen molar-refractivity contribution in [1.29, 1.82) is 0 Å². The van der Waals surface area contributed by atoms with Crippen molar-refractivity contribution >= 4 is 11.8 Å². The van der Waals surface area contributed by atoms with Crippen molar-refractivity contribution in [1.82, 2.24) is 10.2 Å². The Morgan fingerprint density at radius 2 is 1.80 bits per heavy atom. The topological polar surface area (TPSA) is 57.4 Å². The molecule has 1 aliphatic heterocycles. The van der Waals surface area contributed by atoms with Gasteiger partial charge in [0.15, 0.2) is 11.5 Å². The van der Waals surface area contributed by atoms with E-state index in [-0.39, 0.29) is 17.6 Å². The molecule has 0 aliphatic carbocycles. The van der Waals surface area contributed by atoms with Crippen LogP contribution in [0.2, 0.25) is 0 Å². The van der Waals surface area contributed by atoms with Gasteiger partial charge in [0.05, 0.1) is 0 Å². The predicted octanol–water partition coefficient (Wildman–Crippen LogP) is 4.60. The zero-order chi connectivity index (χ0) is 17.4. The summed E-state index contributed by atoms with van der Waals surface area (Å²) in [4.78, 5) is 0. The third-order valence-corrected chi connectivity index (χ3v) is 4.67. The van der Waals surface area contributed by atoms with Crippen LogP contribution in [-0.2, 0) is 0 Å². The molecule has 3 aromatic rings. The van der Waals surface area contributed by atoms with Crippen molar-refractivity contribution in [3.63, 3.8) is 0 Å². The summed E-state index contributed by atoms with van der Waals surface area (Å²) in [6.07, 6.45) is 0. The number of benzene rings is 2. The first-order valence-corrected chi connectivity index (χ1v) is 8.34. The van der Waals surface area contributed by atoms with E-state index in [1.165, 1.54) is 18.2 Å². The summed E-state index contributed by atoms with van der Waals surface area (Å²) in [6.45, 7) is 1.85. The standard InChI is InChI=1S/C17H12F2N2O3S/c1-9(15-11(18)3-2-4-12(15)19)25-17-21-20-16(24-17)10-5-6-13-14(7-10)23-8-22-13/h2-7,9H,8H2,1H3. The zero-order valence-corrected chi connectivity index (χ0v) is 13.8. The normalized spacial score (nSPS) is 13.9. The molecule has 0 N–H and O–H groups in total. The molecule has 0 saturated carbocycles. The fourth-order valence-electron chi connectivity index (χ4n) is 2.51. The number of aromatic nitrogens is 2. The predicted molar refractivity (Wildman–Crippen MR) is 86.5 cm³/mol. The molecule has 1 atom stereocenters. The van der Waals surface area contributed by atoms with Gasteiger partial charge in [0.2, 0.25) is 12.7 Å². The lowest BCUT2D eigenvalue weighted by atomic mass is 10.1. The molecule has 0 bridgehead atoms. The van der Waals surface area contributed by atoms with Crippen LogP contribution in [0.5, 0.6) is 11.5 Å². The van der Waals surface area contributed by atoms with Crippen LogP contribution in [0, 0.1) is 11.6 Å². The Bertz CT molecular complexity index is 912. The summed E-state index contributed by atoms with van der Waals surface area (Å²) < 4.78 is 43.9. The Balaban J connectivity index is 1.55. The molecule has 1 aliphatic rings. The van der Waals surface area contributed by atoms with Crippen LogP contribution in [0.4, 0.5) is 8.78 Å². The second-order valence-corrected chi connectivity index (χ2v) is 6.63. The average molecular weight is 362 g/mol. The lowest BCUT2D eigenvalue weighted by Crippen LogP contribution is -1.97. The van der Waals surface area contributed by atoms with E-state index in [2.05, 4.69) is 10.2 Å². The van der Waals surface area contributed by atoms with Crippen LogP contribution in [0.25, 0.3) is 11.5 Å². The van der Waals surface area contributed by atoms with Crippen molar-refractivity contribution in [3.05, 3.63) is 53.6 Å². The van der Waals surface area contributed by atoms with E-state index in [4.69, 9.17) is 13.9 Å². The van der Waals surface area contributed by atoms with Crippen LogP contribution in [0.1, 0.15) is 17.7 Å². The van der Waals surface area contributed by atoms with Gasteiger partial charge >= 0.3 is 0 Å². The van der Waals surface area contributed by atoms with E-state index >= 15 is 0 Å². The number of nitrogens with zero attached hydrogens (tertiary/aromatic N) is 2. The van der Waals surface area contributed by atoms with E-state index in [0.29, 0.717) is 23.0 Å². The Labute approximate surface area is 146 Å². The molecule has 0 radical (unpaired) electrons. The van der Waals surface area contributed by atoms with Crippen molar-refractivity contribution in [2.45, 2.75) is 17.4 Å². The lowest BCUT2D eigenvalue weighted by molar-refractivity contribution is 0.174. The second-order valence-electron chi connectivity index (χ2n) is 5.34. The SMILES string of the molecule is CC(Sc1nnc(-c2ccc3c(c2)OCO3)o1)c1c(F)cccc1F. The molecule has 8 heteroatoms. The minimum absolute atomic E-state index is 0.0182. The van der Waals surface area contributed by atoms with E-state index in [1.807, 2.05) is 0 Å². The number of rotatable bonds is 4. The largest absolute Gasteiger partial charge is 0.454 e. The Kier molecular flexibility index (Phi) is 4.04. The summed E-state index contributed by atoms with van der Waals surface area (Å²) in [5, 5.41) is 7.63. The van der Waals surface area contributed by atoms with Gasteiger partial charge in [-0.1, -0.05) is 17.8 Å². The van der Waals surface area contributed by atoms with Gasteiger partial charge in [0.25, 0.3) is 5.22 Å². The first kappa shape index (κ1) is 15.9. The fourth-order valence-corrected chi connectivity index (χ4v) is 3.37. The maximum Gasteiger partial charge on any atom is 0.277 e. The van der Waals surface area contributed by atoms with Crippen molar-refractivity contribution in [2.75, 3.05) is 6.79 Å². The highest BCUT2D eigenvalue weighted by molar-refractivity contribution is 7.99. The van der Waals surface area contributed by atoms with Gasteiger partial charge in [-0.05, 0) is 37.3 Å². The number of halogens is 2. The lowest BCUT2D eigenvalue weighted by Gasteiger charge is -2.10. The van der Waals surface area contributed by atoms with Gasteiger partial charge in [-0.25, -0.2) is 8.78 Å². The van der Waals surface area contributed by atoms with E-state index in [1.54, 1.807) is 25.1 Å². The van der Waals surface area contributed by atoms with Gasteiger partial charge in [-0.2, -0.15) is 0 Å². The van der Waals surface area contributed by atoms with E-state index < -0.39 is 16.9 Å². The van der Waals surface area contributed by atoms with E-state index in [0.717, 1.165) is 11.8 Å². The van der Waals surface area contributed by atoms with Crippen LogP contribution in [0.15, 0.2) is 46.0 Å². The highest BCUT2D eigenvalue weighted by Gasteiger charge is 2.21. The van der Waals surface area contributed by atoms with Gasteiger partial charge in [0.1, 0.15) is 11.6 Å². The molecule has 0 saturated heterocycles. The molecule has 0 spiro atoms. The molecule has 1 unspecified atom stereocenters. The summed E-state index contributed by atoms with van der Waals surface area (Å²) in [6, 6.07) is 9.05. The molecule has 2 aromatic carbocycles. The van der Waals surface area contributed by atoms with Crippen LogP contribution in [-0.4, -0.2) is 17.0 Å². The summed E-state index contributed by atoms with van der Waals surface area (Å²) in [7, 11) is 0. The quantitative estimate of drug-likeness (QED) is 0.633. The van der Waals surface area contributed by atoms with Gasteiger partial charge < -0.3 is 13.9 Å². The Morgan fingerprint density at radius 3 is 2.60 bits per heavy atom. The molecule has 5 nitrogen and oxygen atoms in total. The molecule has 2 heterocycles. The van der Waals surface area contributed by atoms with Crippen molar-refractivity contribution < 1.29 is 22.7 Å². The molecule has 0 amide bonds. The first-order chi connectivity index (χ1) is 12.1. The third-order valence-electron chi connectivity index (χ3n) is 3.71. The van der Waals surface area contributed by atoms with E-state index in [9.17, 15) is 8.78 Å². The highest BCUT2D eigenvalue weighted by atomic mass is 32.2. The second kappa shape index (κ2) is 6.36. The number of hydrogen-bond acceptors (Lipinski definition) is 6.